The van der Waals surface area contributed by atoms with Crippen molar-refractivity contribution < 1.29 is 33.4 Å². The topological polar surface area (TPSA) is 111 Å². The molecule has 1 N–H and O–H groups in total. The van der Waals surface area contributed by atoms with Crippen molar-refractivity contribution in [1.29, 1.82) is 0 Å². The molecule has 0 radical (unpaired) electrons. The molecule has 0 aromatic heterocycles. The molecule has 184 valence electrons. The van der Waals surface area contributed by atoms with Crippen LogP contribution in [0.1, 0.15) is 19.4 Å². The fourth-order valence-corrected chi connectivity index (χ4v) is 3.82. The summed E-state index contributed by atoms with van der Waals surface area (Å²) in [4.78, 5) is 50.0. The number of amides is 3. The Morgan fingerprint density at radius 2 is 1.83 bits per heavy atom. The van der Waals surface area contributed by atoms with Crippen LogP contribution in [-0.4, -0.2) is 54.8 Å². The molecule has 1 aliphatic rings. The number of methoxy groups -OCH3 is 1. The number of esters is 1. The number of nitrogens with zero attached hydrogens (tertiary/aromatic N) is 1. The van der Waals surface area contributed by atoms with Gasteiger partial charge < -0.3 is 19.5 Å². The van der Waals surface area contributed by atoms with E-state index in [4.69, 9.17) is 14.2 Å². The second-order valence-electron chi connectivity index (χ2n) is 7.96. The van der Waals surface area contributed by atoms with Crippen LogP contribution in [0.25, 0.3) is 6.08 Å². The van der Waals surface area contributed by atoms with E-state index in [0.29, 0.717) is 22.7 Å². The van der Waals surface area contributed by atoms with E-state index in [1.165, 1.54) is 13.2 Å². The quantitative estimate of drug-likeness (QED) is 0.387. The molecular weight excluding hydrogens is 472 g/mol. The molecule has 0 aliphatic carbocycles. The summed E-state index contributed by atoms with van der Waals surface area (Å²) in [5.41, 5.74) is 1.24. The zero-order valence-electron chi connectivity index (χ0n) is 19.6. The fourth-order valence-electron chi connectivity index (χ4n) is 2.98. The van der Waals surface area contributed by atoms with Gasteiger partial charge in [0.15, 0.2) is 18.1 Å². The van der Waals surface area contributed by atoms with Crippen molar-refractivity contribution in [2.75, 3.05) is 32.2 Å². The smallest absolute Gasteiger partial charge is 0.326 e. The Morgan fingerprint density at radius 3 is 2.51 bits per heavy atom. The van der Waals surface area contributed by atoms with Crippen molar-refractivity contribution in [2.45, 2.75) is 13.8 Å². The fraction of sp³-hybridized carbons (Fsp3) is 0.280. The van der Waals surface area contributed by atoms with E-state index in [1.807, 2.05) is 32.0 Å². The van der Waals surface area contributed by atoms with Crippen LogP contribution in [0.2, 0.25) is 0 Å². The molecule has 0 spiro atoms. The standard InChI is InChI=1S/C25H26N2O7S/c1-16(2)14-34-23(29)13-27-24(30)21(35-25(27)31)12-17-9-10-19(20(11-17)32-3)33-15-22(28)26-18-7-5-4-6-8-18/h4-12,16H,13-15H2,1-3H3,(H,26,28)/b21-12-. The van der Waals surface area contributed by atoms with Gasteiger partial charge in [0.05, 0.1) is 18.6 Å². The van der Waals surface area contributed by atoms with Gasteiger partial charge in [-0.05, 0) is 53.6 Å². The third-order valence-corrected chi connectivity index (χ3v) is 5.55. The number of benzene rings is 2. The minimum Gasteiger partial charge on any atom is -0.493 e. The van der Waals surface area contributed by atoms with Crippen molar-refractivity contribution in [1.82, 2.24) is 4.90 Å². The average Bonchev–Trinajstić information content (AvgIpc) is 3.09. The Bertz CT molecular complexity index is 1130. The zero-order valence-corrected chi connectivity index (χ0v) is 20.4. The predicted molar refractivity (Wildman–Crippen MR) is 132 cm³/mol. The highest BCUT2D eigenvalue weighted by Crippen LogP contribution is 2.34. The molecule has 1 aliphatic heterocycles. The van der Waals surface area contributed by atoms with Crippen molar-refractivity contribution in [3.05, 3.63) is 59.0 Å². The SMILES string of the molecule is COc1cc(/C=C2\SC(=O)N(CC(=O)OCC(C)C)C2=O)ccc1OCC(=O)Nc1ccccc1. The van der Waals surface area contributed by atoms with E-state index < -0.39 is 23.7 Å². The van der Waals surface area contributed by atoms with Gasteiger partial charge in [0.1, 0.15) is 6.54 Å². The summed E-state index contributed by atoms with van der Waals surface area (Å²) in [6.45, 7) is 3.33. The van der Waals surface area contributed by atoms with Gasteiger partial charge in [-0.2, -0.15) is 0 Å². The summed E-state index contributed by atoms with van der Waals surface area (Å²) >= 11 is 0.741. The van der Waals surface area contributed by atoms with Crippen LogP contribution >= 0.6 is 11.8 Å². The molecule has 10 heteroatoms. The molecular formula is C25H26N2O7S. The Kier molecular flexibility index (Phi) is 8.91. The van der Waals surface area contributed by atoms with Gasteiger partial charge in [-0.3, -0.25) is 24.1 Å². The normalized spacial score (nSPS) is 14.4. The number of carbonyl (C=O) groups excluding carboxylic acids is 4. The van der Waals surface area contributed by atoms with Gasteiger partial charge in [0.2, 0.25) is 0 Å². The predicted octanol–water partition coefficient (Wildman–Crippen LogP) is 3.95. The number of ether oxygens (including phenoxy) is 3. The van der Waals surface area contributed by atoms with E-state index >= 15 is 0 Å². The molecule has 1 fully saturated rings. The second-order valence-corrected chi connectivity index (χ2v) is 8.95. The average molecular weight is 499 g/mol. The number of hydrogen-bond donors (Lipinski definition) is 1. The lowest BCUT2D eigenvalue weighted by molar-refractivity contribution is -0.147. The number of anilines is 1. The summed E-state index contributed by atoms with van der Waals surface area (Å²) in [5.74, 6) is -0.700. The molecule has 1 heterocycles. The van der Waals surface area contributed by atoms with Gasteiger partial charge in [0, 0.05) is 5.69 Å². The highest BCUT2D eigenvalue weighted by atomic mass is 32.2. The molecule has 9 nitrogen and oxygen atoms in total. The monoisotopic (exact) mass is 498 g/mol. The maximum absolute atomic E-state index is 12.7. The zero-order chi connectivity index (χ0) is 25.4. The lowest BCUT2D eigenvalue weighted by atomic mass is 10.2. The summed E-state index contributed by atoms with van der Waals surface area (Å²) in [6.07, 6.45) is 1.53. The first-order valence-electron chi connectivity index (χ1n) is 10.8. The van der Waals surface area contributed by atoms with E-state index in [9.17, 15) is 19.2 Å². The molecule has 1 saturated heterocycles. The number of para-hydroxylation sites is 1. The number of thioether (sulfide) groups is 1. The Hall–Kier alpha value is -3.79. The molecule has 0 unspecified atom stereocenters. The molecule has 2 aromatic rings. The number of rotatable bonds is 10. The van der Waals surface area contributed by atoms with E-state index in [-0.39, 0.29) is 29.9 Å². The van der Waals surface area contributed by atoms with Crippen molar-refractivity contribution in [3.8, 4) is 11.5 Å². The molecule has 0 bridgehead atoms. The number of carbonyl (C=O) groups is 4. The summed E-state index contributed by atoms with van der Waals surface area (Å²) in [7, 11) is 1.45. The van der Waals surface area contributed by atoms with E-state index in [1.54, 1.807) is 30.3 Å². The maximum Gasteiger partial charge on any atom is 0.326 e. The van der Waals surface area contributed by atoms with Crippen LogP contribution in [0.5, 0.6) is 11.5 Å². The summed E-state index contributed by atoms with van der Waals surface area (Å²) in [5, 5.41) is 2.18. The van der Waals surface area contributed by atoms with Crippen molar-refractivity contribution in [3.63, 3.8) is 0 Å². The van der Waals surface area contributed by atoms with Crippen LogP contribution in [0, 0.1) is 5.92 Å². The molecule has 2 aromatic carbocycles. The Balaban J connectivity index is 1.63. The Labute approximate surface area is 207 Å². The molecule has 35 heavy (non-hydrogen) atoms. The lowest BCUT2D eigenvalue weighted by Crippen LogP contribution is -2.34. The van der Waals surface area contributed by atoms with Crippen molar-refractivity contribution >= 4 is 46.5 Å². The van der Waals surface area contributed by atoms with Gasteiger partial charge in [0.25, 0.3) is 17.1 Å². The number of imide groups is 1. The van der Waals surface area contributed by atoms with Crippen LogP contribution in [0.15, 0.2) is 53.4 Å². The van der Waals surface area contributed by atoms with Crippen molar-refractivity contribution in [2.24, 2.45) is 5.92 Å². The first-order valence-corrected chi connectivity index (χ1v) is 11.6. The summed E-state index contributed by atoms with van der Waals surface area (Å²) in [6, 6.07) is 13.9. The van der Waals surface area contributed by atoms with Crippen LogP contribution in [0.4, 0.5) is 10.5 Å². The highest BCUT2D eigenvalue weighted by Gasteiger charge is 2.36. The molecule has 3 rings (SSSR count). The highest BCUT2D eigenvalue weighted by molar-refractivity contribution is 8.18. The van der Waals surface area contributed by atoms with E-state index in [2.05, 4.69) is 5.32 Å². The van der Waals surface area contributed by atoms with Crippen LogP contribution in [-0.2, 0) is 19.1 Å². The first kappa shape index (κ1) is 25.8. The van der Waals surface area contributed by atoms with Gasteiger partial charge in [-0.1, -0.05) is 38.1 Å². The van der Waals surface area contributed by atoms with Gasteiger partial charge in [-0.15, -0.1) is 0 Å². The van der Waals surface area contributed by atoms with Gasteiger partial charge >= 0.3 is 5.97 Å². The van der Waals surface area contributed by atoms with Crippen LogP contribution in [0.3, 0.4) is 0 Å². The van der Waals surface area contributed by atoms with E-state index in [0.717, 1.165) is 16.7 Å². The molecule has 3 amide bonds. The minimum atomic E-state index is -0.637. The largest absolute Gasteiger partial charge is 0.493 e. The van der Waals surface area contributed by atoms with Crippen LogP contribution < -0.4 is 14.8 Å². The maximum atomic E-state index is 12.7. The third kappa shape index (κ3) is 7.35. The minimum absolute atomic E-state index is 0.147. The first-order chi connectivity index (χ1) is 16.8. The molecule has 0 saturated carbocycles. The molecule has 0 atom stereocenters. The Morgan fingerprint density at radius 1 is 1.09 bits per heavy atom. The lowest BCUT2D eigenvalue weighted by Gasteiger charge is -2.13. The second kappa shape index (κ2) is 12.1. The summed E-state index contributed by atoms with van der Waals surface area (Å²) < 4.78 is 16.0. The number of hydrogen-bond acceptors (Lipinski definition) is 8. The third-order valence-electron chi connectivity index (χ3n) is 4.64. The number of nitrogens with one attached hydrogen (secondary N) is 1. The van der Waals surface area contributed by atoms with Gasteiger partial charge in [-0.25, -0.2) is 0 Å².